The Morgan fingerprint density at radius 2 is 1.66 bits per heavy atom. The standard InChI is InChI=1S/C26H35N3O3/c1-18(2)25(30)28-15-20-5-9-21(10-6-20)23-16-29(3)17-24(23)26(31)27-14-13-19-7-11-22(32-4)12-8-19/h5-12,18,23-24H,13-17H2,1-4H3,(H,27,31)(H,28,30)/t23-,24+/m1/s1. The maximum Gasteiger partial charge on any atom is 0.225 e. The van der Waals surface area contributed by atoms with E-state index in [1.165, 1.54) is 11.1 Å². The zero-order valence-electron chi connectivity index (χ0n) is 19.6. The second kappa shape index (κ2) is 11.1. The van der Waals surface area contributed by atoms with Crippen LogP contribution in [0.1, 0.15) is 36.5 Å². The van der Waals surface area contributed by atoms with Crippen LogP contribution in [0.4, 0.5) is 0 Å². The van der Waals surface area contributed by atoms with Gasteiger partial charge in [0.05, 0.1) is 13.0 Å². The van der Waals surface area contributed by atoms with Crippen LogP contribution in [0.15, 0.2) is 48.5 Å². The maximum atomic E-state index is 13.0. The fourth-order valence-corrected chi connectivity index (χ4v) is 4.13. The summed E-state index contributed by atoms with van der Waals surface area (Å²) in [6.45, 7) is 6.53. The number of ether oxygens (including phenoxy) is 1. The number of rotatable bonds is 9. The predicted octanol–water partition coefficient (Wildman–Crippen LogP) is 2.97. The monoisotopic (exact) mass is 437 g/mol. The Bertz CT molecular complexity index is 894. The molecule has 6 heteroatoms. The van der Waals surface area contributed by atoms with Gasteiger partial charge >= 0.3 is 0 Å². The molecule has 0 spiro atoms. The highest BCUT2D eigenvalue weighted by molar-refractivity contribution is 5.80. The van der Waals surface area contributed by atoms with Crippen LogP contribution in [-0.4, -0.2) is 50.5 Å². The second-order valence-electron chi connectivity index (χ2n) is 8.94. The van der Waals surface area contributed by atoms with Crippen LogP contribution in [0.25, 0.3) is 0 Å². The lowest BCUT2D eigenvalue weighted by Crippen LogP contribution is -2.35. The van der Waals surface area contributed by atoms with Crippen LogP contribution >= 0.6 is 0 Å². The first kappa shape index (κ1) is 23.8. The fourth-order valence-electron chi connectivity index (χ4n) is 4.13. The molecule has 1 fully saturated rings. The van der Waals surface area contributed by atoms with E-state index >= 15 is 0 Å². The molecule has 0 aromatic heterocycles. The number of methoxy groups -OCH3 is 1. The molecule has 0 saturated carbocycles. The molecule has 2 N–H and O–H groups in total. The topological polar surface area (TPSA) is 70.7 Å². The van der Waals surface area contributed by atoms with Gasteiger partial charge in [-0.1, -0.05) is 50.2 Å². The summed E-state index contributed by atoms with van der Waals surface area (Å²) in [4.78, 5) is 27.0. The van der Waals surface area contributed by atoms with Crippen molar-refractivity contribution in [1.82, 2.24) is 15.5 Å². The summed E-state index contributed by atoms with van der Waals surface area (Å²) >= 11 is 0. The van der Waals surface area contributed by atoms with Crippen molar-refractivity contribution in [3.63, 3.8) is 0 Å². The van der Waals surface area contributed by atoms with E-state index in [-0.39, 0.29) is 29.6 Å². The van der Waals surface area contributed by atoms with Crippen molar-refractivity contribution >= 4 is 11.8 Å². The number of carbonyl (C=O) groups excluding carboxylic acids is 2. The SMILES string of the molecule is COc1ccc(CCNC(=O)[C@H]2CN(C)C[C@@H]2c2ccc(CNC(=O)C(C)C)cc2)cc1. The molecule has 32 heavy (non-hydrogen) atoms. The molecule has 3 rings (SSSR count). The molecule has 2 aromatic carbocycles. The van der Waals surface area contributed by atoms with Crippen LogP contribution in [0.3, 0.4) is 0 Å². The first-order chi connectivity index (χ1) is 15.4. The van der Waals surface area contributed by atoms with Gasteiger partial charge in [0.1, 0.15) is 5.75 Å². The van der Waals surface area contributed by atoms with Gasteiger partial charge in [-0.3, -0.25) is 9.59 Å². The molecule has 0 aliphatic carbocycles. The molecule has 0 bridgehead atoms. The van der Waals surface area contributed by atoms with Gasteiger partial charge in [-0.15, -0.1) is 0 Å². The summed E-state index contributed by atoms with van der Waals surface area (Å²) in [5.41, 5.74) is 3.41. The van der Waals surface area contributed by atoms with Crippen molar-refractivity contribution in [3.8, 4) is 5.75 Å². The molecule has 2 aromatic rings. The van der Waals surface area contributed by atoms with Crippen molar-refractivity contribution in [2.45, 2.75) is 32.7 Å². The molecule has 6 nitrogen and oxygen atoms in total. The van der Waals surface area contributed by atoms with Gasteiger partial charge in [-0.05, 0) is 42.3 Å². The highest BCUT2D eigenvalue weighted by Crippen LogP contribution is 2.32. The lowest BCUT2D eigenvalue weighted by molar-refractivity contribution is -0.125. The van der Waals surface area contributed by atoms with Crippen molar-refractivity contribution in [3.05, 3.63) is 65.2 Å². The van der Waals surface area contributed by atoms with Gasteiger partial charge in [0.2, 0.25) is 11.8 Å². The van der Waals surface area contributed by atoms with Crippen LogP contribution in [0.5, 0.6) is 5.75 Å². The highest BCUT2D eigenvalue weighted by atomic mass is 16.5. The summed E-state index contributed by atoms with van der Waals surface area (Å²) in [5, 5.41) is 6.08. The number of amides is 2. The summed E-state index contributed by atoms with van der Waals surface area (Å²) in [6.07, 6.45) is 0.791. The number of likely N-dealkylation sites (N-methyl/N-ethyl adjacent to an activating group) is 1. The molecule has 1 heterocycles. The predicted molar refractivity (Wildman–Crippen MR) is 127 cm³/mol. The lowest BCUT2D eigenvalue weighted by atomic mass is 9.88. The molecule has 1 saturated heterocycles. The zero-order valence-corrected chi connectivity index (χ0v) is 19.6. The van der Waals surface area contributed by atoms with E-state index in [1.54, 1.807) is 7.11 Å². The Morgan fingerprint density at radius 3 is 2.28 bits per heavy atom. The number of benzene rings is 2. The molecule has 1 aliphatic heterocycles. The molecule has 2 amide bonds. The Morgan fingerprint density at radius 1 is 1.00 bits per heavy atom. The molecule has 0 unspecified atom stereocenters. The second-order valence-corrected chi connectivity index (χ2v) is 8.94. The van der Waals surface area contributed by atoms with Gasteiger partial charge < -0.3 is 20.3 Å². The van der Waals surface area contributed by atoms with Crippen LogP contribution < -0.4 is 15.4 Å². The Kier molecular flexibility index (Phi) is 8.28. The highest BCUT2D eigenvalue weighted by Gasteiger charge is 2.36. The summed E-state index contributed by atoms with van der Waals surface area (Å²) in [7, 11) is 3.72. The van der Waals surface area contributed by atoms with E-state index in [2.05, 4.69) is 34.7 Å². The van der Waals surface area contributed by atoms with Crippen LogP contribution in [0.2, 0.25) is 0 Å². The number of nitrogens with zero attached hydrogens (tertiary/aromatic N) is 1. The van der Waals surface area contributed by atoms with E-state index in [0.717, 1.165) is 30.8 Å². The largest absolute Gasteiger partial charge is 0.497 e. The molecule has 2 atom stereocenters. The van der Waals surface area contributed by atoms with Crippen LogP contribution in [-0.2, 0) is 22.6 Å². The van der Waals surface area contributed by atoms with Crippen molar-refractivity contribution in [2.24, 2.45) is 11.8 Å². The smallest absolute Gasteiger partial charge is 0.225 e. The van der Waals surface area contributed by atoms with Crippen molar-refractivity contribution in [2.75, 3.05) is 33.8 Å². The minimum Gasteiger partial charge on any atom is -0.497 e. The van der Waals surface area contributed by atoms with E-state index < -0.39 is 0 Å². The third-order valence-corrected chi connectivity index (χ3v) is 6.11. The fraction of sp³-hybridized carbons (Fsp3) is 0.462. The van der Waals surface area contributed by atoms with Gasteiger partial charge in [0, 0.05) is 38.0 Å². The number of nitrogens with one attached hydrogen (secondary N) is 2. The summed E-state index contributed by atoms with van der Waals surface area (Å²) < 4.78 is 5.19. The Hall–Kier alpha value is -2.86. The normalized spacial score (nSPS) is 18.5. The van der Waals surface area contributed by atoms with Gasteiger partial charge in [-0.25, -0.2) is 0 Å². The number of hydrogen-bond acceptors (Lipinski definition) is 4. The minimum atomic E-state index is -0.0673. The Balaban J connectivity index is 1.55. The number of likely N-dealkylation sites (tertiary alicyclic amines) is 1. The van der Waals surface area contributed by atoms with Gasteiger partial charge in [-0.2, -0.15) is 0 Å². The third kappa shape index (κ3) is 6.33. The first-order valence-corrected chi connectivity index (χ1v) is 11.3. The first-order valence-electron chi connectivity index (χ1n) is 11.3. The lowest BCUT2D eigenvalue weighted by Gasteiger charge is -2.19. The van der Waals surface area contributed by atoms with Gasteiger partial charge in [0.25, 0.3) is 0 Å². The summed E-state index contributed by atoms with van der Waals surface area (Å²) in [6, 6.07) is 16.2. The number of carbonyl (C=O) groups is 2. The average Bonchev–Trinajstić information content (AvgIpc) is 3.19. The quantitative estimate of drug-likeness (QED) is 0.633. The van der Waals surface area contributed by atoms with Crippen molar-refractivity contribution < 1.29 is 14.3 Å². The van der Waals surface area contributed by atoms with E-state index in [1.807, 2.05) is 50.2 Å². The van der Waals surface area contributed by atoms with E-state index in [9.17, 15) is 9.59 Å². The van der Waals surface area contributed by atoms with Crippen molar-refractivity contribution in [1.29, 1.82) is 0 Å². The minimum absolute atomic E-state index is 0.0210. The third-order valence-electron chi connectivity index (χ3n) is 6.11. The Labute approximate surface area is 191 Å². The zero-order chi connectivity index (χ0) is 23.1. The molecule has 1 aliphatic rings. The molecular weight excluding hydrogens is 402 g/mol. The van der Waals surface area contributed by atoms with E-state index in [4.69, 9.17) is 4.74 Å². The van der Waals surface area contributed by atoms with Crippen LogP contribution in [0, 0.1) is 11.8 Å². The molecule has 172 valence electrons. The van der Waals surface area contributed by atoms with Gasteiger partial charge in [0.15, 0.2) is 0 Å². The molecular formula is C26H35N3O3. The van der Waals surface area contributed by atoms with E-state index in [0.29, 0.717) is 13.1 Å². The maximum absolute atomic E-state index is 13.0. The number of hydrogen-bond donors (Lipinski definition) is 2. The summed E-state index contributed by atoms with van der Waals surface area (Å²) in [5.74, 6) is 1.08. The molecule has 0 radical (unpaired) electrons. The average molecular weight is 438 g/mol.